The third-order valence-electron chi connectivity index (χ3n) is 3.54. The van der Waals surface area contributed by atoms with Crippen LogP contribution in [0.25, 0.3) is 0 Å². The number of hydrogen-bond acceptors (Lipinski definition) is 5. The molecule has 0 bridgehead atoms. The number of ether oxygens (including phenoxy) is 1. The van der Waals surface area contributed by atoms with Crippen LogP contribution in [0.1, 0.15) is 25.1 Å². The van der Waals surface area contributed by atoms with Gasteiger partial charge in [0.05, 0.1) is 5.69 Å². The highest BCUT2D eigenvalue weighted by Gasteiger charge is 2.31. The maximum absolute atomic E-state index is 12.5. The second-order valence-electron chi connectivity index (χ2n) is 5.96. The average molecular weight is 411 g/mol. The maximum atomic E-state index is 12.5. The molecule has 0 fully saturated rings. The Labute approximate surface area is 164 Å². The Hall–Kier alpha value is -2.81. The van der Waals surface area contributed by atoms with Crippen molar-refractivity contribution in [3.05, 3.63) is 64.3 Å². The number of benzene rings is 1. The van der Waals surface area contributed by atoms with Gasteiger partial charge < -0.3 is 10.1 Å². The van der Waals surface area contributed by atoms with Gasteiger partial charge in [-0.3, -0.25) is 10.1 Å². The summed E-state index contributed by atoms with van der Waals surface area (Å²) in [5.74, 6) is -0.525. The van der Waals surface area contributed by atoms with Crippen LogP contribution in [0.2, 0.25) is 0 Å². The molecular weight excluding hydrogens is 391 g/mol. The molecule has 0 aliphatic rings. The van der Waals surface area contributed by atoms with Crippen molar-refractivity contribution >= 4 is 22.4 Å². The van der Waals surface area contributed by atoms with Gasteiger partial charge in [0, 0.05) is 28.8 Å². The number of thiazole rings is 1. The summed E-state index contributed by atoms with van der Waals surface area (Å²) in [6.07, 6.45) is -1.45. The van der Waals surface area contributed by atoms with E-state index in [9.17, 15) is 18.0 Å². The first-order valence-electron chi connectivity index (χ1n) is 8.30. The van der Waals surface area contributed by atoms with Crippen LogP contribution in [0.15, 0.2) is 53.1 Å². The predicted molar refractivity (Wildman–Crippen MR) is 103 cm³/mol. The van der Waals surface area contributed by atoms with E-state index in [4.69, 9.17) is 0 Å². The molecule has 0 aliphatic heterocycles. The Kier molecular flexibility index (Phi) is 7.22. The van der Waals surface area contributed by atoms with Gasteiger partial charge in [0.15, 0.2) is 5.13 Å². The summed E-state index contributed by atoms with van der Waals surface area (Å²) in [4.78, 5) is 16.3. The molecular formula is C19H20F3N3O2S. The van der Waals surface area contributed by atoms with Crippen molar-refractivity contribution in [2.24, 2.45) is 0 Å². The summed E-state index contributed by atoms with van der Waals surface area (Å²) >= 11 is 1.34. The predicted octanol–water partition coefficient (Wildman–Crippen LogP) is 4.93. The summed E-state index contributed by atoms with van der Waals surface area (Å²) < 4.78 is 41.4. The van der Waals surface area contributed by atoms with Crippen molar-refractivity contribution in [2.75, 3.05) is 5.32 Å². The van der Waals surface area contributed by atoms with E-state index in [1.807, 2.05) is 12.3 Å². The molecule has 2 N–H and O–H groups in total. The van der Waals surface area contributed by atoms with Crippen molar-refractivity contribution in [3.8, 4) is 5.75 Å². The first-order valence-corrected chi connectivity index (χ1v) is 9.18. The molecule has 1 amide bonds. The molecule has 2 rings (SSSR count). The number of hydrogen-bond donors (Lipinski definition) is 2. The smallest absolute Gasteiger partial charge is 0.405 e. The number of amides is 1. The standard InChI is InChI=1S/C19H20F3N3O2S/c1-12(17(26)25-18-24-14(3)11-28-18)8-9-13(2)23-10-15-6-4-5-7-16(15)27-19(20,21)22/h4-9,11,23H,10H2,1-3H3,(H,24,25,26)/b12-8+,13-9+. The Balaban J connectivity index is 1.95. The van der Waals surface area contributed by atoms with Gasteiger partial charge >= 0.3 is 6.36 Å². The highest BCUT2D eigenvalue weighted by atomic mass is 32.1. The number of nitrogens with zero attached hydrogens (tertiary/aromatic N) is 1. The van der Waals surface area contributed by atoms with Crippen LogP contribution >= 0.6 is 11.3 Å². The molecule has 0 atom stereocenters. The quantitative estimate of drug-likeness (QED) is 0.501. The zero-order chi connectivity index (χ0) is 20.7. The lowest BCUT2D eigenvalue weighted by Crippen LogP contribution is -2.19. The topological polar surface area (TPSA) is 63.2 Å². The lowest BCUT2D eigenvalue weighted by atomic mass is 10.2. The van der Waals surface area contributed by atoms with Gasteiger partial charge in [-0.15, -0.1) is 24.5 Å². The van der Waals surface area contributed by atoms with Crippen molar-refractivity contribution in [1.29, 1.82) is 0 Å². The van der Waals surface area contributed by atoms with Crippen molar-refractivity contribution in [1.82, 2.24) is 10.3 Å². The molecule has 0 unspecified atom stereocenters. The van der Waals surface area contributed by atoms with Gasteiger partial charge in [-0.2, -0.15) is 0 Å². The van der Waals surface area contributed by atoms with E-state index in [-0.39, 0.29) is 18.2 Å². The molecule has 0 radical (unpaired) electrons. The molecule has 150 valence electrons. The highest BCUT2D eigenvalue weighted by Crippen LogP contribution is 2.26. The fraction of sp³-hybridized carbons (Fsp3) is 0.263. The average Bonchev–Trinajstić information content (AvgIpc) is 3.02. The van der Waals surface area contributed by atoms with Crippen molar-refractivity contribution in [2.45, 2.75) is 33.7 Å². The maximum Gasteiger partial charge on any atom is 0.573 e. The second kappa shape index (κ2) is 9.41. The fourth-order valence-corrected chi connectivity index (χ4v) is 2.78. The molecule has 1 aromatic carbocycles. The van der Waals surface area contributed by atoms with E-state index >= 15 is 0 Å². The number of para-hydroxylation sites is 1. The number of aryl methyl sites for hydroxylation is 1. The van der Waals surface area contributed by atoms with E-state index in [2.05, 4.69) is 20.4 Å². The van der Waals surface area contributed by atoms with Crippen LogP contribution in [0.4, 0.5) is 18.3 Å². The minimum atomic E-state index is -4.75. The molecule has 0 spiro atoms. The van der Waals surface area contributed by atoms with Crippen LogP contribution in [0.3, 0.4) is 0 Å². The van der Waals surface area contributed by atoms with E-state index in [1.54, 1.807) is 38.1 Å². The summed E-state index contributed by atoms with van der Waals surface area (Å²) in [6, 6.07) is 5.92. The fourth-order valence-electron chi connectivity index (χ4n) is 2.10. The Morgan fingerprint density at radius 3 is 2.61 bits per heavy atom. The SMILES string of the molecule is C/C(=C\C=C(/C)C(=O)Nc1nc(C)cs1)NCc1ccccc1OC(F)(F)F. The number of carbonyl (C=O) groups excluding carboxylic acids is 1. The lowest BCUT2D eigenvalue weighted by Gasteiger charge is -2.14. The molecule has 1 aromatic heterocycles. The Morgan fingerprint density at radius 2 is 1.96 bits per heavy atom. The van der Waals surface area contributed by atoms with Gasteiger partial charge in [-0.1, -0.05) is 24.3 Å². The molecule has 0 aliphatic carbocycles. The Bertz CT molecular complexity index is 889. The van der Waals surface area contributed by atoms with E-state index < -0.39 is 6.36 Å². The summed E-state index contributed by atoms with van der Waals surface area (Å²) in [5, 5.41) is 8.06. The lowest BCUT2D eigenvalue weighted by molar-refractivity contribution is -0.274. The molecule has 5 nitrogen and oxygen atoms in total. The van der Waals surface area contributed by atoms with Crippen LogP contribution in [0.5, 0.6) is 5.75 Å². The van der Waals surface area contributed by atoms with Gasteiger partial charge in [-0.05, 0) is 32.9 Å². The summed E-state index contributed by atoms with van der Waals surface area (Å²) in [6.45, 7) is 5.39. The molecule has 0 saturated carbocycles. The molecule has 9 heteroatoms. The normalized spacial score (nSPS) is 12.6. The van der Waals surface area contributed by atoms with Gasteiger partial charge in [0.25, 0.3) is 5.91 Å². The Morgan fingerprint density at radius 1 is 1.25 bits per heavy atom. The van der Waals surface area contributed by atoms with Crippen LogP contribution in [-0.2, 0) is 11.3 Å². The first kappa shape index (κ1) is 21.5. The molecule has 0 saturated heterocycles. The number of rotatable bonds is 7. The summed E-state index contributed by atoms with van der Waals surface area (Å²) in [7, 11) is 0. The third kappa shape index (κ3) is 7.07. The number of anilines is 1. The van der Waals surface area contributed by atoms with Crippen molar-refractivity contribution < 1.29 is 22.7 Å². The van der Waals surface area contributed by atoms with E-state index in [0.29, 0.717) is 22.0 Å². The minimum absolute atomic E-state index is 0.145. The highest BCUT2D eigenvalue weighted by molar-refractivity contribution is 7.13. The number of alkyl halides is 3. The van der Waals surface area contributed by atoms with Crippen LogP contribution < -0.4 is 15.4 Å². The first-order chi connectivity index (χ1) is 13.1. The van der Waals surface area contributed by atoms with Gasteiger partial charge in [-0.25, -0.2) is 4.98 Å². The van der Waals surface area contributed by atoms with E-state index in [0.717, 1.165) is 5.69 Å². The van der Waals surface area contributed by atoms with E-state index in [1.165, 1.54) is 23.5 Å². The van der Waals surface area contributed by atoms with Crippen molar-refractivity contribution in [3.63, 3.8) is 0 Å². The number of carbonyl (C=O) groups is 1. The zero-order valence-electron chi connectivity index (χ0n) is 15.6. The minimum Gasteiger partial charge on any atom is -0.405 e. The second-order valence-corrected chi connectivity index (χ2v) is 6.81. The van der Waals surface area contributed by atoms with Gasteiger partial charge in [0.2, 0.25) is 0 Å². The van der Waals surface area contributed by atoms with Crippen LogP contribution in [-0.4, -0.2) is 17.3 Å². The van der Waals surface area contributed by atoms with Gasteiger partial charge in [0.1, 0.15) is 5.75 Å². The molecule has 28 heavy (non-hydrogen) atoms. The summed E-state index contributed by atoms with van der Waals surface area (Å²) in [5.41, 5.74) is 2.34. The van der Waals surface area contributed by atoms with Crippen LogP contribution in [0, 0.1) is 6.92 Å². The number of nitrogens with one attached hydrogen (secondary N) is 2. The number of halogens is 3. The largest absolute Gasteiger partial charge is 0.573 e. The monoisotopic (exact) mass is 411 g/mol. The third-order valence-corrected chi connectivity index (χ3v) is 4.41. The molecule has 1 heterocycles. The molecule has 2 aromatic rings. The number of allylic oxidation sites excluding steroid dienone is 3. The number of aromatic nitrogens is 1. The zero-order valence-corrected chi connectivity index (χ0v) is 16.4.